The molecule has 2 rings (SSSR count). The quantitative estimate of drug-likeness (QED) is 0.832. The van der Waals surface area contributed by atoms with Crippen LogP contribution in [0.5, 0.6) is 0 Å². The van der Waals surface area contributed by atoms with Gasteiger partial charge in [-0.05, 0) is 61.3 Å². The highest BCUT2D eigenvalue weighted by atomic mass is 19.1. The molecule has 17 heavy (non-hydrogen) atoms. The summed E-state index contributed by atoms with van der Waals surface area (Å²) in [5, 5.41) is 0. The van der Waals surface area contributed by atoms with E-state index in [1.165, 1.54) is 12.8 Å². The van der Waals surface area contributed by atoms with Gasteiger partial charge < -0.3 is 5.73 Å². The van der Waals surface area contributed by atoms with E-state index >= 15 is 0 Å². The van der Waals surface area contributed by atoms with E-state index in [-0.39, 0.29) is 5.82 Å². The summed E-state index contributed by atoms with van der Waals surface area (Å²) in [6, 6.07) is 5.67. The fraction of sp³-hybridized carbons (Fsp3) is 0.600. The highest BCUT2D eigenvalue weighted by Crippen LogP contribution is 2.40. The summed E-state index contributed by atoms with van der Waals surface area (Å²) >= 11 is 0. The van der Waals surface area contributed by atoms with Crippen LogP contribution >= 0.6 is 0 Å². The Morgan fingerprint density at radius 3 is 2.76 bits per heavy atom. The Balaban J connectivity index is 2.25. The van der Waals surface area contributed by atoms with Gasteiger partial charge in [0.15, 0.2) is 0 Å². The Labute approximate surface area is 103 Å². The van der Waals surface area contributed by atoms with Crippen LogP contribution in [0.3, 0.4) is 0 Å². The molecule has 1 aliphatic rings. The first-order valence-electron chi connectivity index (χ1n) is 6.58. The lowest BCUT2D eigenvalue weighted by molar-refractivity contribution is 0.253. The minimum absolute atomic E-state index is 0.0866. The van der Waals surface area contributed by atoms with Crippen LogP contribution in [0.15, 0.2) is 18.2 Å². The topological polar surface area (TPSA) is 26.0 Å². The molecule has 0 bridgehead atoms. The van der Waals surface area contributed by atoms with Gasteiger partial charge in [0.25, 0.3) is 0 Å². The van der Waals surface area contributed by atoms with Crippen LogP contribution in [-0.2, 0) is 0 Å². The molecule has 1 aromatic rings. The lowest BCUT2D eigenvalue weighted by Gasteiger charge is -2.34. The van der Waals surface area contributed by atoms with E-state index in [1.54, 1.807) is 6.07 Å². The second-order valence-electron chi connectivity index (χ2n) is 5.53. The number of benzene rings is 1. The van der Waals surface area contributed by atoms with Crippen LogP contribution in [-0.4, -0.2) is 6.54 Å². The second-order valence-corrected chi connectivity index (χ2v) is 5.53. The first kappa shape index (κ1) is 12.6. The van der Waals surface area contributed by atoms with Crippen molar-refractivity contribution in [3.63, 3.8) is 0 Å². The van der Waals surface area contributed by atoms with Gasteiger partial charge in [0.05, 0.1) is 0 Å². The minimum atomic E-state index is -0.0866. The maximum absolute atomic E-state index is 13.6. The molecule has 3 unspecified atom stereocenters. The van der Waals surface area contributed by atoms with E-state index in [4.69, 9.17) is 5.73 Å². The van der Waals surface area contributed by atoms with Crippen LogP contribution < -0.4 is 5.73 Å². The van der Waals surface area contributed by atoms with E-state index in [2.05, 4.69) is 13.0 Å². The monoisotopic (exact) mass is 235 g/mol. The van der Waals surface area contributed by atoms with Crippen molar-refractivity contribution in [2.75, 3.05) is 6.54 Å². The van der Waals surface area contributed by atoms with Gasteiger partial charge >= 0.3 is 0 Å². The van der Waals surface area contributed by atoms with E-state index in [0.29, 0.717) is 18.4 Å². The molecule has 1 fully saturated rings. The van der Waals surface area contributed by atoms with Gasteiger partial charge in [-0.15, -0.1) is 0 Å². The zero-order valence-corrected chi connectivity index (χ0v) is 10.7. The molecule has 1 nitrogen and oxygen atoms in total. The molecule has 0 radical (unpaired) electrons. The molecule has 1 saturated carbocycles. The molecule has 2 heteroatoms. The van der Waals surface area contributed by atoms with E-state index < -0.39 is 0 Å². The fourth-order valence-electron chi connectivity index (χ4n) is 2.97. The van der Waals surface area contributed by atoms with Gasteiger partial charge in [-0.2, -0.15) is 0 Å². The Bertz CT molecular complexity index is 389. The number of hydrogen-bond donors (Lipinski definition) is 1. The van der Waals surface area contributed by atoms with Crippen molar-refractivity contribution in [2.24, 2.45) is 17.6 Å². The van der Waals surface area contributed by atoms with Crippen molar-refractivity contribution in [3.8, 4) is 0 Å². The molecule has 0 heterocycles. The predicted molar refractivity (Wildman–Crippen MR) is 69.4 cm³/mol. The Hall–Kier alpha value is -0.890. The van der Waals surface area contributed by atoms with Crippen LogP contribution in [0.1, 0.15) is 43.2 Å². The molecule has 3 atom stereocenters. The maximum Gasteiger partial charge on any atom is 0.126 e. The van der Waals surface area contributed by atoms with Gasteiger partial charge in [0, 0.05) is 0 Å². The van der Waals surface area contributed by atoms with E-state index in [9.17, 15) is 4.39 Å². The predicted octanol–water partition coefficient (Wildman–Crippen LogP) is 3.61. The highest BCUT2D eigenvalue weighted by molar-refractivity contribution is 5.27. The average Bonchev–Trinajstić information content (AvgIpc) is 2.32. The van der Waals surface area contributed by atoms with Crippen molar-refractivity contribution in [1.82, 2.24) is 0 Å². The summed E-state index contributed by atoms with van der Waals surface area (Å²) in [7, 11) is 0. The average molecular weight is 235 g/mol. The molecule has 0 aromatic heterocycles. The van der Waals surface area contributed by atoms with Crippen molar-refractivity contribution >= 4 is 0 Å². The summed E-state index contributed by atoms with van der Waals surface area (Å²) in [6.07, 6.45) is 3.58. The van der Waals surface area contributed by atoms with Crippen molar-refractivity contribution < 1.29 is 4.39 Å². The van der Waals surface area contributed by atoms with Crippen molar-refractivity contribution in [1.29, 1.82) is 0 Å². The summed E-state index contributed by atoms with van der Waals surface area (Å²) in [6.45, 7) is 4.81. The lowest BCUT2D eigenvalue weighted by Crippen LogP contribution is -2.28. The number of rotatable bonds is 2. The smallest absolute Gasteiger partial charge is 0.126 e. The molecule has 0 amide bonds. The molecule has 2 N–H and O–H groups in total. The minimum Gasteiger partial charge on any atom is -0.330 e. The molecule has 1 aliphatic carbocycles. The summed E-state index contributed by atoms with van der Waals surface area (Å²) in [5.74, 6) is 1.61. The molecule has 0 spiro atoms. The Kier molecular flexibility index (Phi) is 3.82. The van der Waals surface area contributed by atoms with Crippen molar-refractivity contribution in [2.45, 2.75) is 39.0 Å². The highest BCUT2D eigenvalue weighted by Gasteiger charge is 2.29. The molecular formula is C15H22FN. The molecule has 1 aromatic carbocycles. The van der Waals surface area contributed by atoms with Gasteiger partial charge in [0.1, 0.15) is 5.82 Å². The van der Waals surface area contributed by atoms with Crippen LogP contribution in [0.2, 0.25) is 0 Å². The second kappa shape index (κ2) is 5.18. The Morgan fingerprint density at radius 1 is 1.35 bits per heavy atom. The molecule has 94 valence electrons. The molecule has 0 saturated heterocycles. The first-order chi connectivity index (χ1) is 8.11. The number of hydrogen-bond acceptors (Lipinski definition) is 1. The van der Waals surface area contributed by atoms with Gasteiger partial charge in [-0.3, -0.25) is 0 Å². The SMILES string of the molecule is Cc1ccc(C2CC(C)CCC2CN)cc1F. The molecular weight excluding hydrogens is 213 g/mol. The van der Waals surface area contributed by atoms with Crippen LogP contribution in [0.25, 0.3) is 0 Å². The van der Waals surface area contributed by atoms with Gasteiger partial charge in [-0.25, -0.2) is 4.39 Å². The zero-order chi connectivity index (χ0) is 12.4. The lowest BCUT2D eigenvalue weighted by atomic mass is 9.71. The number of aryl methyl sites for hydroxylation is 1. The van der Waals surface area contributed by atoms with Crippen molar-refractivity contribution in [3.05, 3.63) is 35.1 Å². The first-order valence-corrected chi connectivity index (χ1v) is 6.58. The standard InChI is InChI=1S/C15H22FN/c1-10-3-5-13(9-17)14(7-10)12-6-4-11(2)15(16)8-12/h4,6,8,10,13-14H,3,5,7,9,17H2,1-2H3. The summed E-state index contributed by atoms with van der Waals surface area (Å²) < 4.78 is 13.6. The third kappa shape index (κ3) is 2.68. The maximum atomic E-state index is 13.6. The summed E-state index contributed by atoms with van der Waals surface area (Å²) in [5.41, 5.74) is 7.71. The van der Waals surface area contributed by atoms with Gasteiger partial charge in [-0.1, -0.05) is 25.5 Å². The summed E-state index contributed by atoms with van der Waals surface area (Å²) in [4.78, 5) is 0. The van der Waals surface area contributed by atoms with Gasteiger partial charge in [0.2, 0.25) is 0 Å². The third-order valence-electron chi connectivity index (χ3n) is 4.18. The van der Waals surface area contributed by atoms with Crippen LogP contribution in [0.4, 0.5) is 4.39 Å². The zero-order valence-electron chi connectivity index (χ0n) is 10.7. The van der Waals surface area contributed by atoms with E-state index in [1.807, 2.05) is 13.0 Å². The normalized spacial score (nSPS) is 29.3. The fourth-order valence-corrected chi connectivity index (χ4v) is 2.97. The van der Waals surface area contributed by atoms with E-state index in [0.717, 1.165) is 23.5 Å². The molecule has 0 aliphatic heterocycles. The van der Waals surface area contributed by atoms with Crippen LogP contribution in [0, 0.1) is 24.6 Å². The number of nitrogens with two attached hydrogens (primary N) is 1. The Morgan fingerprint density at radius 2 is 2.12 bits per heavy atom. The third-order valence-corrected chi connectivity index (χ3v) is 4.18. The number of halogens is 1. The largest absolute Gasteiger partial charge is 0.330 e.